The van der Waals surface area contributed by atoms with Crippen molar-refractivity contribution >= 4 is 46.8 Å². The zero-order chi connectivity index (χ0) is 16.8. The van der Waals surface area contributed by atoms with Crippen LogP contribution in [0, 0.1) is 0 Å². The summed E-state index contributed by atoms with van der Waals surface area (Å²) in [6.07, 6.45) is 3.01. The third-order valence-corrected chi connectivity index (χ3v) is 3.68. The summed E-state index contributed by atoms with van der Waals surface area (Å²) < 4.78 is 4.61. The van der Waals surface area contributed by atoms with Gasteiger partial charge in [0.2, 0.25) is 5.91 Å². The van der Waals surface area contributed by atoms with Crippen LogP contribution in [-0.4, -0.2) is 19.0 Å². The molecule has 2 aromatic rings. The van der Waals surface area contributed by atoms with Crippen LogP contribution in [0.15, 0.2) is 48.5 Å². The summed E-state index contributed by atoms with van der Waals surface area (Å²) in [7, 11) is 1.31. The van der Waals surface area contributed by atoms with E-state index in [0.29, 0.717) is 21.3 Å². The minimum absolute atomic E-state index is 0.304. The van der Waals surface area contributed by atoms with E-state index in [1.54, 1.807) is 48.5 Å². The van der Waals surface area contributed by atoms with Gasteiger partial charge >= 0.3 is 5.97 Å². The average molecular weight is 350 g/mol. The van der Waals surface area contributed by atoms with Gasteiger partial charge in [-0.15, -0.1) is 0 Å². The maximum Gasteiger partial charge on any atom is 0.337 e. The normalized spacial score (nSPS) is 10.6. The fraction of sp³-hybridized carbons (Fsp3) is 0.0588. The van der Waals surface area contributed by atoms with Crippen molar-refractivity contribution in [3.63, 3.8) is 0 Å². The predicted molar refractivity (Wildman–Crippen MR) is 91.9 cm³/mol. The van der Waals surface area contributed by atoms with E-state index in [2.05, 4.69) is 10.1 Å². The highest BCUT2D eigenvalue weighted by Gasteiger charge is 2.05. The fourth-order valence-electron chi connectivity index (χ4n) is 1.78. The Morgan fingerprint density at radius 2 is 1.74 bits per heavy atom. The van der Waals surface area contributed by atoms with Crippen LogP contribution in [0.3, 0.4) is 0 Å². The Bertz CT molecular complexity index is 755. The van der Waals surface area contributed by atoms with Crippen molar-refractivity contribution in [3.8, 4) is 0 Å². The van der Waals surface area contributed by atoms with Crippen LogP contribution >= 0.6 is 23.2 Å². The topological polar surface area (TPSA) is 55.4 Å². The van der Waals surface area contributed by atoms with Gasteiger partial charge in [-0.25, -0.2) is 4.79 Å². The number of carbonyl (C=O) groups is 2. The van der Waals surface area contributed by atoms with E-state index in [4.69, 9.17) is 23.2 Å². The van der Waals surface area contributed by atoms with E-state index in [1.807, 2.05) is 0 Å². The quantitative estimate of drug-likeness (QED) is 0.656. The van der Waals surface area contributed by atoms with Gasteiger partial charge in [-0.05, 0) is 48.0 Å². The molecule has 0 saturated carbocycles. The van der Waals surface area contributed by atoms with Crippen LogP contribution in [-0.2, 0) is 9.53 Å². The molecule has 1 N–H and O–H groups in total. The summed E-state index contributed by atoms with van der Waals surface area (Å²) >= 11 is 11.7. The van der Waals surface area contributed by atoms with Crippen molar-refractivity contribution in [2.45, 2.75) is 0 Å². The molecule has 2 rings (SSSR count). The first-order chi connectivity index (χ1) is 11.0. The Hall–Kier alpha value is -2.30. The molecule has 1 amide bonds. The molecule has 118 valence electrons. The van der Waals surface area contributed by atoms with E-state index >= 15 is 0 Å². The number of halogens is 2. The zero-order valence-electron chi connectivity index (χ0n) is 12.2. The minimum Gasteiger partial charge on any atom is -0.465 e. The molecule has 0 bridgehead atoms. The highest BCUT2D eigenvalue weighted by atomic mass is 35.5. The van der Waals surface area contributed by atoms with E-state index < -0.39 is 5.97 Å². The number of hydrogen-bond donors (Lipinski definition) is 1. The molecule has 0 aliphatic heterocycles. The lowest BCUT2D eigenvalue weighted by Gasteiger charge is -2.03. The zero-order valence-corrected chi connectivity index (χ0v) is 13.7. The molecule has 0 saturated heterocycles. The summed E-state index contributed by atoms with van der Waals surface area (Å²) in [4.78, 5) is 23.2. The molecule has 0 unspecified atom stereocenters. The van der Waals surface area contributed by atoms with Gasteiger partial charge < -0.3 is 10.1 Å². The van der Waals surface area contributed by atoms with Crippen LogP contribution in [0.25, 0.3) is 6.08 Å². The molecule has 0 aliphatic rings. The number of carbonyl (C=O) groups excluding carboxylic acids is 2. The molecule has 2 aromatic carbocycles. The summed E-state index contributed by atoms with van der Waals surface area (Å²) in [6.45, 7) is 0. The Balaban J connectivity index is 2.00. The molecule has 0 atom stereocenters. The molecule has 0 spiro atoms. The van der Waals surface area contributed by atoms with Gasteiger partial charge in [-0.2, -0.15) is 0 Å². The number of ether oxygens (including phenoxy) is 1. The number of hydrogen-bond acceptors (Lipinski definition) is 3. The Kier molecular flexibility index (Phi) is 5.79. The molecule has 0 radical (unpaired) electrons. The number of benzene rings is 2. The van der Waals surface area contributed by atoms with E-state index in [9.17, 15) is 9.59 Å². The summed E-state index contributed by atoms with van der Waals surface area (Å²) in [6, 6.07) is 11.5. The second kappa shape index (κ2) is 7.81. The Morgan fingerprint density at radius 1 is 1.04 bits per heavy atom. The lowest BCUT2D eigenvalue weighted by molar-refractivity contribution is -0.111. The van der Waals surface area contributed by atoms with Crippen molar-refractivity contribution < 1.29 is 14.3 Å². The predicted octanol–water partition coefficient (Wildman–Crippen LogP) is 4.43. The number of nitrogens with one attached hydrogen (secondary N) is 1. The number of amides is 1. The van der Waals surface area contributed by atoms with Crippen LogP contribution in [0.2, 0.25) is 10.0 Å². The lowest BCUT2D eigenvalue weighted by atomic mass is 10.2. The largest absolute Gasteiger partial charge is 0.465 e. The first kappa shape index (κ1) is 17.1. The number of rotatable bonds is 4. The number of methoxy groups -OCH3 is 1. The van der Waals surface area contributed by atoms with Gasteiger partial charge in [-0.3, -0.25) is 4.79 Å². The average Bonchev–Trinajstić information content (AvgIpc) is 2.56. The first-order valence-electron chi connectivity index (χ1n) is 6.62. The first-order valence-corrected chi connectivity index (χ1v) is 7.37. The van der Waals surface area contributed by atoms with Gasteiger partial charge in [0.15, 0.2) is 0 Å². The fourth-order valence-corrected chi connectivity index (χ4v) is 2.09. The van der Waals surface area contributed by atoms with Crippen molar-refractivity contribution in [1.82, 2.24) is 0 Å². The van der Waals surface area contributed by atoms with Gasteiger partial charge in [0, 0.05) is 11.8 Å². The molecule has 0 aromatic heterocycles. The number of esters is 1. The molecule has 6 heteroatoms. The monoisotopic (exact) mass is 349 g/mol. The van der Waals surface area contributed by atoms with Crippen LogP contribution in [0.5, 0.6) is 0 Å². The van der Waals surface area contributed by atoms with Crippen LogP contribution < -0.4 is 5.32 Å². The van der Waals surface area contributed by atoms with E-state index in [-0.39, 0.29) is 5.91 Å². The number of anilines is 1. The molecule has 0 fully saturated rings. The van der Waals surface area contributed by atoms with Gasteiger partial charge in [0.25, 0.3) is 0 Å². The van der Waals surface area contributed by atoms with Crippen molar-refractivity contribution in [1.29, 1.82) is 0 Å². The van der Waals surface area contributed by atoms with E-state index in [0.717, 1.165) is 5.56 Å². The lowest BCUT2D eigenvalue weighted by Crippen LogP contribution is -2.08. The van der Waals surface area contributed by atoms with Crippen molar-refractivity contribution in [3.05, 3.63) is 69.7 Å². The summed E-state index contributed by atoms with van der Waals surface area (Å²) in [5, 5.41) is 3.57. The molecule has 4 nitrogen and oxygen atoms in total. The van der Waals surface area contributed by atoms with Gasteiger partial charge in [-0.1, -0.05) is 29.3 Å². The highest BCUT2D eigenvalue weighted by molar-refractivity contribution is 6.42. The van der Waals surface area contributed by atoms with Crippen molar-refractivity contribution in [2.24, 2.45) is 0 Å². The molecular weight excluding hydrogens is 337 g/mol. The Morgan fingerprint density at radius 3 is 2.35 bits per heavy atom. The second-order valence-corrected chi connectivity index (χ2v) is 5.38. The standard InChI is InChI=1S/C17H13Cl2NO3/c1-23-17(22)12-4-6-13(7-5-12)20-16(21)9-3-11-2-8-14(18)15(19)10-11/h2-10H,1H3,(H,20,21)/b9-3+. The third-order valence-electron chi connectivity index (χ3n) is 2.94. The third kappa shape index (κ3) is 4.84. The maximum absolute atomic E-state index is 11.9. The highest BCUT2D eigenvalue weighted by Crippen LogP contribution is 2.23. The maximum atomic E-state index is 11.9. The molecule has 0 heterocycles. The molecular formula is C17H13Cl2NO3. The van der Waals surface area contributed by atoms with E-state index in [1.165, 1.54) is 13.2 Å². The molecule has 0 aliphatic carbocycles. The minimum atomic E-state index is -0.428. The van der Waals surface area contributed by atoms with Crippen LogP contribution in [0.1, 0.15) is 15.9 Å². The Labute approximate surface area is 143 Å². The summed E-state index contributed by atoms with van der Waals surface area (Å²) in [5.74, 6) is -0.732. The summed E-state index contributed by atoms with van der Waals surface area (Å²) in [5.41, 5.74) is 1.74. The van der Waals surface area contributed by atoms with Gasteiger partial charge in [0.05, 0.1) is 22.7 Å². The van der Waals surface area contributed by atoms with Gasteiger partial charge in [0.1, 0.15) is 0 Å². The molecule has 23 heavy (non-hydrogen) atoms. The van der Waals surface area contributed by atoms with Crippen LogP contribution in [0.4, 0.5) is 5.69 Å². The second-order valence-electron chi connectivity index (χ2n) is 4.57. The smallest absolute Gasteiger partial charge is 0.337 e. The van der Waals surface area contributed by atoms with Crippen molar-refractivity contribution in [2.75, 3.05) is 12.4 Å². The SMILES string of the molecule is COC(=O)c1ccc(NC(=O)/C=C/c2ccc(Cl)c(Cl)c2)cc1.